The van der Waals surface area contributed by atoms with E-state index < -0.39 is 14.6 Å². The van der Waals surface area contributed by atoms with E-state index >= 15 is 0 Å². The lowest BCUT2D eigenvalue weighted by atomic mass is 10.1. The maximum Gasteiger partial charge on any atom is 0.156 e. The average molecular weight is 299 g/mol. The second-order valence-electron chi connectivity index (χ2n) is 5.88. The third-order valence-corrected chi connectivity index (χ3v) is 5.96. The van der Waals surface area contributed by atoms with E-state index in [1.165, 1.54) is 0 Å². The topological polar surface area (TPSA) is 55.4 Å². The molecule has 1 aromatic carbocycles. The molecule has 4 nitrogen and oxygen atoms in total. The van der Waals surface area contributed by atoms with Crippen molar-refractivity contribution in [3.63, 3.8) is 0 Å². The molecular weight excluding hydrogens is 274 g/mol. The second-order valence-corrected chi connectivity index (χ2v) is 8.75. The van der Waals surface area contributed by atoms with Gasteiger partial charge in [-0.3, -0.25) is 0 Å². The summed E-state index contributed by atoms with van der Waals surface area (Å²) in [5.74, 6) is 0.948. The van der Waals surface area contributed by atoms with E-state index in [1.54, 1.807) is 27.9 Å². The highest BCUT2D eigenvalue weighted by Gasteiger charge is 2.28. The van der Waals surface area contributed by atoms with Crippen molar-refractivity contribution in [2.75, 3.05) is 19.4 Å². The van der Waals surface area contributed by atoms with Crippen LogP contribution in [0.1, 0.15) is 39.3 Å². The van der Waals surface area contributed by atoms with Gasteiger partial charge in [-0.05, 0) is 45.4 Å². The number of rotatable bonds is 6. The van der Waals surface area contributed by atoms with E-state index in [4.69, 9.17) is 4.74 Å². The van der Waals surface area contributed by atoms with Crippen molar-refractivity contribution >= 4 is 9.84 Å². The summed E-state index contributed by atoms with van der Waals surface area (Å²) in [4.78, 5) is 0. The van der Waals surface area contributed by atoms with E-state index in [0.29, 0.717) is 6.54 Å². The van der Waals surface area contributed by atoms with Gasteiger partial charge in [-0.15, -0.1) is 0 Å². The van der Waals surface area contributed by atoms with Crippen LogP contribution in [0.15, 0.2) is 24.3 Å². The van der Waals surface area contributed by atoms with Gasteiger partial charge in [0.15, 0.2) is 9.84 Å². The molecule has 1 atom stereocenters. The fraction of sp³-hybridized carbons (Fsp3) is 0.600. The van der Waals surface area contributed by atoms with Crippen molar-refractivity contribution in [3.8, 4) is 5.75 Å². The first-order valence-corrected chi connectivity index (χ1v) is 8.42. The van der Waals surface area contributed by atoms with Gasteiger partial charge in [-0.2, -0.15) is 0 Å². The Morgan fingerprint density at radius 3 is 2.50 bits per heavy atom. The van der Waals surface area contributed by atoms with Crippen LogP contribution in [-0.2, 0) is 9.84 Å². The van der Waals surface area contributed by atoms with Crippen LogP contribution in [-0.4, -0.2) is 32.6 Å². The van der Waals surface area contributed by atoms with E-state index in [2.05, 4.69) is 5.32 Å². The average Bonchev–Trinajstić information content (AvgIpc) is 2.37. The fourth-order valence-corrected chi connectivity index (χ4v) is 2.74. The molecule has 0 saturated carbocycles. The van der Waals surface area contributed by atoms with Crippen molar-refractivity contribution in [1.82, 2.24) is 5.32 Å². The highest BCUT2D eigenvalue weighted by molar-refractivity contribution is 7.92. The number of benzene rings is 1. The molecule has 1 rings (SSSR count). The molecule has 1 aromatic rings. The second kappa shape index (κ2) is 6.59. The van der Waals surface area contributed by atoms with Crippen LogP contribution in [0.4, 0.5) is 0 Å². The zero-order valence-corrected chi connectivity index (χ0v) is 13.8. The molecule has 0 unspecified atom stereocenters. The van der Waals surface area contributed by atoms with E-state index in [0.717, 1.165) is 11.3 Å². The van der Waals surface area contributed by atoms with Crippen molar-refractivity contribution in [1.29, 1.82) is 0 Å². The van der Waals surface area contributed by atoms with Gasteiger partial charge in [-0.25, -0.2) is 8.42 Å². The van der Waals surface area contributed by atoms with Gasteiger partial charge >= 0.3 is 0 Å². The van der Waals surface area contributed by atoms with Gasteiger partial charge in [0.05, 0.1) is 17.6 Å². The summed E-state index contributed by atoms with van der Waals surface area (Å²) in [5.41, 5.74) is 1.08. The summed E-state index contributed by atoms with van der Waals surface area (Å²) < 4.78 is 28.5. The summed E-state index contributed by atoms with van der Waals surface area (Å²) in [6.07, 6.45) is 0. The van der Waals surface area contributed by atoms with Gasteiger partial charge < -0.3 is 10.1 Å². The molecule has 20 heavy (non-hydrogen) atoms. The zero-order chi connectivity index (χ0) is 15.4. The van der Waals surface area contributed by atoms with Crippen LogP contribution in [0.2, 0.25) is 0 Å². The molecule has 0 radical (unpaired) electrons. The lowest BCUT2D eigenvalue weighted by molar-refractivity contribution is 0.413. The van der Waals surface area contributed by atoms with E-state index in [9.17, 15) is 8.42 Å². The Bertz CT molecular complexity index is 532. The Morgan fingerprint density at radius 2 is 1.95 bits per heavy atom. The number of ether oxygens (including phenoxy) is 1. The molecule has 0 fully saturated rings. The molecule has 1 N–H and O–H groups in total. The molecular formula is C15H25NO3S. The van der Waals surface area contributed by atoms with Crippen LogP contribution in [0.3, 0.4) is 0 Å². The van der Waals surface area contributed by atoms with Gasteiger partial charge in [0.1, 0.15) is 5.75 Å². The summed E-state index contributed by atoms with van der Waals surface area (Å²) >= 11 is 0. The Morgan fingerprint density at radius 1 is 1.30 bits per heavy atom. The molecule has 0 saturated heterocycles. The van der Waals surface area contributed by atoms with Gasteiger partial charge in [0.25, 0.3) is 0 Å². The maximum atomic E-state index is 12.0. The van der Waals surface area contributed by atoms with E-state index in [-0.39, 0.29) is 11.8 Å². The van der Waals surface area contributed by atoms with Crippen LogP contribution < -0.4 is 10.1 Å². The van der Waals surface area contributed by atoms with Crippen molar-refractivity contribution in [3.05, 3.63) is 29.8 Å². The van der Waals surface area contributed by atoms with Gasteiger partial charge in [-0.1, -0.05) is 12.1 Å². The fourth-order valence-electron chi connectivity index (χ4n) is 1.74. The minimum Gasteiger partial charge on any atom is -0.497 e. The predicted octanol–water partition coefficient (Wildman–Crippen LogP) is 2.56. The first-order chi connectivity index (χ1) is 9.17. The third kappa shape index (κ3) is 4.49. The third-order valence-electron chi connectivity index (χ3n) is 3.35. The molecule has 114 valence electrons. The lowest BCUT2D eigenvalue weighted by Crippen LogP contribution is -2.35. The maximum absolute atomic E-state index is 12.0. The molecule has 0 bridgehead atoms. The molecule has 0 aliphatic rings. The molecule has 0 heterocycles. The Kier molecular flexibility index (Phi) is 5.59. The Balaban J connectivity index is 2.58. The number of methoxy groups -OCH3 is 1. The summed E-state index contributed by atoms with van der Waals surface area (Å²) in [6, 6.07) is 7.85. The first-order valence-electron chi connectivity index (χ1n) is 6.77. The molecule has 0 amide bonds. The van der Waals surface area contributed by atoms with E-state index in [1.807, 2.05) is 31.2 Å². The van der Waals surface area contributed by atoms with Crippen molar-refractivity contribution < 1.29 is 13.2 Å². The number of nitrogens with one attached hydrogen (secondary N) is 1. The zero-order valence-electron chi connectivity index (χ0n) is 12.9. The molecule has 0 spiro atoms. The van der Waals surface area contributed by atoms with Crippen LogP contribution in [0.5, 0.6) is 5.75 Å². The van der Waals surface area contributed by atoms with Crippen LogP contribution >= 0.6 is 0 Å². The van der Waals surface area contributed by atoms with Crippen molar-refractivity contribution in [2.45, 2.75) is 38.5 Å². The van der Waals surface area contributed by atoms with Crippen LogP contribution in [0, 0.1) is 0 Å². The predicted molar refractivity (Wildman–Crippen MR) is 83.0 cm³/mol. The highest BCUT2D eigenvalue weighted by Crippen LogP contribution is 2.19. The summed E-state index contributed by atoms with van der Waals surface area (Å²) in [5, 5.41) is 3.24. The quantitative estimate of drug-likeness (QED) is 0.877. The lowest BCUT2D eigenvalue weighted by Gasteiger charge is -2.20. The van der Waals surface area contributed by atoms with Crippen molar-refractivity contribution in [2.24, 2.45) is 0 Å². The Hall–Kier alpha value is -1.07. The van der Waals surface area contributed by atoms with Gasteiger partial charge in [0.2, 0.25) is 0 Å². The van der Waals surface area contributed by atoms with Gasteiger partial charge in [0, 0.05) is 12.6 Å². The molecule has 5 heteroatoms. The smallest absolute Gasteiger partial charge is 0.156 e. The molecule has 0 aromatic heterocycles. The summed E-state index contributed by atoms with van der Waals surface area (Å²) in [6.45, 7) is 7.64. The first kappa shape index (κ1) is 17.0. The Labute approximate surface area is 122 Å². The number of sulfone groups is 1. The summed E-state index contributed by atoms with van der Waals surface area (Å²) in [7, 11) is -1.44. The number of hydrogen-bond acceptors (Lipinski definition) is 4. The SMILES string of the molecule is COc1cccc([C@H](C)NCCS(=O)(=O)C(C)(C)C)c1. The number of hydrogen-bond donors (Lipinski definition) is 1. The normalized spacial score (nSPS) is 14.1. The standard InChI is InChI=1S/C15H25NO3S/c1-12(13-7-6-8-14(11-13)19-5)16-9-10-20(17,18)15(2,3)4/h6-8,11-12,16H,9-10H2,1-5H3/t12-/m0/s1. The minimum atomic E-state index is -3.08. The monoisotopic (exact) mass is 299 g/mol. The highest BCUT2D eigenvalue weighted by atomic mass is 32.2. The largest absolute Gasteiger partial charge is 0.497 e. The molecule has 0 aliphatic heterocycles. The molecule has 0 aliphatic carbocycles. The van der Waals surface area contributed by atoms with Crippen LogP contribution in [0.25, 0.3) is 0 Å². The minimum absolute atomic E-state index is 0.0836.